The molecule has 5 rings (SSSR count). The van der Waals surface area contributed by atoms with Gasteiger partial charge in [-0.25, -0.2) is 9.78 Å². The number of amides is 1. The number of aryl methyl sites for hydroxylation is 1. The van der Waals surface area contributed by atoms with Crippen LogP contribution in [0.4, 0.5) is 5.13 Å². The molecule has 214 valence electrons. The first kappa shape index (κ1) is 28.8. The third kappa shape index (κ3) is 5.36. The number of halogens is 1. The van der Waals surface area contributed by atoms with Crippen molar-refractivity contribution < 1.29 is 28.2 Å². The standard InChI is InChI=1S/C30H29BrN2O7S/c1-5-7-8-13-39-21-11-9-17(14-22(21)37-4)24-23-25(34)19-15-18(31)10-12-20(19)40-26(23)28(35)33(24)30-32-16(3)27(41-30)29(36)38-6-2/h9-12,14-15,24H,5-8,13H2,1-4H3. The summed E-state index contributed by atoms with van der Waals surface area (Å²) >= 11 is 4.45. The Hall–Kier alpha value is -3.70. The van der Waals surface area contributed by atoms with E-state index < -0.39 is 17.9 Å². The van der Waals surface area contributed by atoms with Gasteiger partial charge < -0.3 is 18.6 Å². The van der Waals surface area contributed by atoms with Crippen molar-refractivity contribution in [2.75, 3.05) is 25.2 Å². The number of anilines is 1. The van der Waals surface area contributed by atoms with Gasteiger partial charge in [0, 0.05) is 4.47 Å². The number of nitrogens with zero attached hydrogens (tertiary/aromatic N) is 2. The number of benzene rings is 2. The van der Waals surface area contributed by atoms with E-state index in [0.717, 1.165) is 30.6 Å². The third-order valence-electron chi connectivity index (χ3n) is 6.79. The Morgan fingerprint density at radius 3 is 2.66 bits per heavy atom. The molecule has 1 aliphatic rings. The molecule has 11 heteroatoms. The number of thiazole rings is 1. The Morgan fingerprint density at radius 1 is 1.12 bits per heavy atom. The lowest BCUT2D eigenvalue weighted by atomic mass is 9.98. The molecule has 0 saturated heterocycles. The number of carbonyl (C=O) groups excluding carboxylic acids is 2. The highest BCUT2D eigenvalue weighted by Gasteiger charge is 2.45. The van der Waals surface area contributed by atoms with Crippen molar-refractivity contribution in [2.24, 2.45) is 0 Å². The van der Waals surface area contributed by atoms with E-state index in [1.54, 1.807) is 57.4 Å². The van der Waals surface area contributed by atoms with E-state index in [-0.39, 0.29) is 33.4 Å². The summed E-state index contributed by atoms with van der Waals surface area (Å²) in [6.07, 6.45) is 3.04. The van der Waals surface area contributed by atoms with Crippen molar-refractivity contribution in [1.82, 2.24) is 4.98 Å². The van der Waals surface area contributed by atoms with E-state index in [9.17, 15) is 14.4 Å². The van der Waals surface area contributed by atoms with E-state index in [0.29, 0.717) is 44.8 Å². The number of fused-ring (bicyclic) bond motifs is 2. The van der Waals surface area contributed by atoms with Gasteiger partial charge in [0.05, 0.1) is 43.0 Å². The topological polar surface area (TPSA) is 108 Å². The van der Waals surface area contributed by atoms with Crippen LogP contribution in [0.25, 0.3) is 11.0 Å². The summed E-state index contributed by atoms with van der Waals surface area (Å²) in [6.45, 7) is 6.27. The smallest absolute Gasteiger partial charge is 0.350 e. The summed E-state index contributed by atoms with van der Waals surface area (Å²) in [5, 5.41) is 0.582. The number of esters is 1. The summed E-state index contributed by atoms with van der Waals surface area (Å²) in [5.74, 6) is -0.0948. The lowest BCUT2D eigenvalue weighted by Crippen LogP contribution is -2.29. The summed E-state index contributed by atoms with van der Waals surface area (Å²) < 4.78 is 23.5. The fraction of sp³-hybridized carbons (Fsp3) is 0.333. The van der Waals surface area contributed by atoms with Gasteiger partial charge >= 0.3 is 5.97 Å². The fourth-order valence-corrected chi connectivity index (χ4v) is 6.19. The van der Waals surface area contributed by atoms with Crippen LogP contribution < -0.4 is 19.8 Å². The second-order valence-corrected chi connectivity index (χ2v) is 11.4. The number of rotatable bonds is 10. The molecule has 3 heterocycles. The van der Waals surface area contributed by atoms with Gasteiger partial charge in [0.25, 0.3) is 5.91 Å². The van der Waals surface area contributed by atoms with Gasteiger partial charge in [-0.3, -0.25) is 14.5 Å². The predicted molar refractivity (Wildman–Crippen MR) is 160 cm³/mol. The highest BCUT2D eigenvalue weighted by molar-refractivity contribution is 9.10. The SMILES string of the molecule is CCCCCOc1ccc(C2c3c(oc4ccc(Br)cc4c3=O)C(=O)N2c2nc(C)c(C(=O)OCC)s2)cc1OC. The normalized spacial score (nSPS) is 14.4. The molecule has 1 atom stereocenters. The molecule has 0 N–H and O–H groups in total. The summed E-state index contributed by atoms with van der Waals surface area (Å²) in [5.41, 5.74) is 1.17. The molecular formula is C30H29BrN2O7S. The highest BCUT2D eigenvalue weighted by Crippen LogP contribution is 2.45. The van der Waals surface area contributed by atoms with Crippen LogP contribution in [0, 0.1) is 6.92 Å². The Bertz CT molecular complexity index is 1700. The van der Waals surface area contributed by atoms with E-state index in [2.05, 4.69) is 27.8 Å². The number of unbranched alkanes of at least 4 members (excludes halogenated alkanes) is 2. The van der Waals surface area contributed by atoms with Crippen LogP contribution in [0.3, 0.4) is 0 Å². The average Bonchev–Trinajstić information content (AvgIpc) is 3.48. The maximum absolute atomic E-state index is 14.0. The molecule has 2 aromatic heterocycles. The second kappa shape index (κ2) is 12.0. The molecule has 41 heavy (non-hydrogen) atoms. The molecule has 0 fully saturated rings. The Morgan fingerprint density at radius 2 is 1.93 bits per heavy atom. The first-order chi connectivity index (χ1) is 19.8. The molecule has 1 amide bonds. The van der Waals surface area contributed by atoms with Crippen molar-refractivity contribution in [3.63, 3.8) is 0 Å². The second-order valence-electron chi connectivity index (χ2n) is 9.49. The number of ether oxygens (including phenoxy) is 3. The van der Waals surface area contributed by atoms with Crippen LogP contribution in [0.1, 0.15) is 76.2 Å². The highest BCUT2D eigenvalue weighted by atomic mass is 79.9. The number of methoxy groups -OCH3 is 1. The van der Waals surface area contributed by atoms with Crippen molar-refractivity contribution in [1.29, 1.82) is 0 Å². The lowest BCUT2D eigenvalue weighted by molar-refractivity contribution is 0.0531. The fourth-order valence-electron chi connectivity index (χ4n) is 4.84. The molecule has 1 unspecified atom stereocenters. The monoisotopic (exact) mass is 640 g/mol. The van der Waals surface area contributed by atoms with Crippen molar-refractivity contribution in [3.8, 4) is 11.5 Å². The van der Waals surface area contributed by atoms with E-state index >= 15 is 0 Å². The molecular weight excluding hydrogens is 612 g/mol. The quantitative estimate of drug-likeness (QED) is 0.137. The third-order valence-corrected chi connectivity index (χ3v) is 8.42. The number of hydrogen-bond donors (Lipinski definition) is 0. The van der Waals surface area contributed by atoms with Crippen LogP contribution in [0.5, 0.6) is 11.5 Å². The van der Waals surface area contributed by atoms with Crippen molar-refractivity contribution in [3.05, 3.63) is 78.6 Å². The molecule has 2 aromatic carbocycles. The van der Waals surface area contributed by atoms with Gasteiger partial charge in [0.15, 0.2) is 22.1 Å². The number of aromatic nitrogens is 1. The molecule has 0 radical (unpaired) electrons. The van der Waals surface area contributed by atoms with Gasteiger partial charge in [-0.2, -0.15) is 0 Å². The Kier molecular flexibility index (Phi) is 8.46. The molecule has 1 aliphatic heterocycles. The largest absolute Gasteiger partial charge is 0.493 e. The van der Waals surface area contributed by atoms with Crippen molar-refractivity contribution in [2.45, 2.75) is 46.1 Å². The molecule has 0 bridgehead atoms. The van der Waals surface area contributed by atoms with Crippen LogP contribution in [-0.2, 0) is 4.74 Å². The molecule has 0 saturated carbocycles. The van der Waals surface area contributed by atoms with Crippen LogP contribution in [0.15, 0.2) is 50.1 Å². The van der Waals surface area contributed by atoms with Gasteiger partial charge in [0.2, 0.25) is 5.76 Å². The average molecular weight is 642 g/mol. The predicted octanol–water partition coefficient (Wildman–Crippen LogP) is 6.82. The van der Waals surface area contributed by atoms with E-state index in [1.807, 2.05) is 0 Å². The first-order valence-corrected chi connectivity index (χ1v) is 14.9. The molecule has 0 spiro atoms. The summed E-state index contributed by atoms with van der Waals surface area (Å²) in [7, 11) is 1.54. The maximum Gasteiger partial charge on any atom is 0.350 e. The summed E-state index contributed by atoms with van der Waals surface area (Å²) in [6, 6.07) is 9.50. The minimum absolute atomic E-state index is 0.0702. The van der Waals surface area contributed by atoms with E-state index in [4.69, 9.17) is 18.6 Å². The zero-order valence-corrected chi connectivity index (χ0v) is 25.5. The van der Waals surface area contributed by atoms with Gasteiger partial charge in [-0.05, 0) is 56.2 Å². The number of carbonyl (C=O) groups is 2. The zero-order chi connectivity index (χ0) is 29.3. The van der Waals surface area contributed by atoms with Crippen LogP contribution in [-0.4, -0.2) is 37.2 Å². The maximum atomic E-state index is 14.0. The molecule has 4 aromatic rings. The number of hydrogen-bond acceptors (Lipinski definition) is 9. The van der Waals surface area contributed by atoms with Crippen LogP contribution >= 0.6 is 27.3 Å². The zero-order valence-electron chi connectivity index (χ0n) is 23.1. The van der Waals surface area contributed by atoms with E-state index in [1.165, 1.54) is 4.90 Å². The molecule has 0 aliphatic carbocycles. The van der Waals surface area contributed by atoms with Gasteiger partial charge in [-0.1, -0.05) is 53.1 Å². The van der Waals surface area contributed by atoms with Gasteiger partial charge in [0.1, 0.15) is 10.5 Å². The van der Waals surface area contributed by atoms with Crippen molar-refractivity contribution >= 4 is 55.2 Å². The Balaban J connectivity index is 1.67. The summed E-state index contributed by atoms with van der Waals surface area (Å²) in [4.78, 5) is 46.7. The Labute approximate surface area is 249 Å². The minimum Gasteiger partial charge on any atom is -0.493 e. The van der Waals surface area contributed by atoms with Crippen LogP contribution in [0.2, 0.25) is 0 Å². The first-order valence-electron chi connectivity index (χ1n) is 13.3. The lowest BCUT2D eigenvalue weighted by Gasteiger charge is -2.23. The minimum atomic E-state index is -0.888. The molecule has 9 nitrogen and oxygen atoms in total. The van der Waals surface area contributed by atoms with Gasteiger partial charge in [-0.15, -0.1) is 0 Å².